The fourth-order valence-corrected chi connectivity index (χ4v) is 5.77. The van der Waals surface area contributed by atoms with E-state index in [4.69, 9.17) is 4.52 Å². The van der Waals surface area contributed by atoms with Crippen molar-refractivity contribution < 1.29 is 17.7 Å². The summed E-state index contributed by atoms with van der Waals surface area (Å²) < 4.78 is 30.4. The highest BCUT2D eigenvalue weighted by molar-refractivity contribution is 9.10. The van der Waals surface area contributed by atoms with Crippen LogP contribution in [0.2, 0.25) is 0 Å². The molecule has 2 heterocycles. The Labute approximate surface area is 183 Å². The topological polar surface area (TPSA) is 80.5 Å². The number of hydrogen-bond acceptors (Lipinski definition) is 5. The van der Waals surface area contributed by atoms with Gasteiger partial charge in [-0.2, -0.15) is 0 Å². The van der Waals surface area contributed by atoms with Gasteiger partial charge in [-0.1, -0.05) is 63.0 Å². The molecule has 1 atom stereocenters. The molecule has 1 saturated heterocycles. The third kappa shape index (κ3) is 4.65. The smallest absolute Gasteiger partial charge is 0.276 e. The Hall–Kier alpha value is -2.45. The monoisotopic (exact) mass is 488 g/mol. The van der Waals surface area contributed by atoms with E-state index in [1.54, 1.807) is 11.0 Å². The lowest BCUT2D eigenvalue weighted by molar-refractivity contribution is 0.0670. The summed E-state index contributed by atoms with van der Waals surface area (Å²) in [6.45, 7) is 2.29. The van der Waals surface area contributed by atoms with Gasteiger partial charge in [0.25, 0.3) is 5.91 Å². The van der Waals surface area contributed by atoms with Crippen LogP contribution in [0.4, 0.5) is 0 Å². The maximum atomic E-state index is 13.3. The second kappa shape index (κ2) is 8.35. The van der Waals surface area contributed by atoms with E-state index in [0.29, 0.717) is 18.7 Å². The van der Waals surface area contributed by atoms with E-state index in [9.17, 15) is 13.2 Å². The van der Waals surface area contributed by atoms with Crippen molar-refractivity contribution in [1.82, 2.24) is 10.1 Å². The largest absolute Gasteiger partial charge is 0.355 e. The maximum Gasteiger partial charge on any atom is 0.276 e. The molecular formula is C22H21BrN2O4S. The number of benzene rings is 2. The molecule has 3 aromatic rings. The van der Waals surface area contributed by atoms with Crippen LogP contribution in [-0.4, -0.2) is 41.9 Å². The summed E-state index contributed by atoms with van der Waals surface area (Å²) in [5, 5.41) is 3.98. The molecule has 0 N–H and O–H groups in total. The normalized spacial score (nSPS) is 17.7. The Morgan fingerprint density at radius 1 is 1.20 bits per heavy atom. The summed E-state index contributed by atoms with van der Waals surface area (Å²) in [5.41, 5.74) is 3.03. The minimum atomic E-state index is -3.15. The van der Waals surface area contributed by atoms with Crippen molar-refractivity contribution >= 4 is 31.7 Å². The van der Waals surface area contributed by atoms with Gasteiger partial charge in [-0.25, -0.2) is 8.42 Å². The first-order valence-electron chi connectivity index (χ1n) is 9.60. The van der Waals surface area contributed by atoms with Crippen LogP contribution in [0.25, 0.3) is 11.3 Å². The van der Waals surface area contributed by atoms with Crippen LogP contribution < -0.4 is 0 Å². The van der Waals surface area contributed by atoms with Crippen molar-refractivity contribution in [1.29, 1.82) is 0 Å². The van der Waals surface area contributed by atoms with E-state index in [0.717, 1.165) is 21.2 Å². The van der Waals surface area contributed by atoms with Gasteiger partial charge in [-0.3, -0.25) is 4.79 Å². The number of rotatable bonds is 5. The van der Waals surface area contributed by atoms with Crippen molar-refractivity contribution in [2.75, 3.05) is 11.5 Å². The van der Waals surface area contributed by atoms with Crippen LogP contribution in [0.1, 0.15) is 28.0 Å². The van der Waals surface area contributed by atoms with Crippen molar-refractivity contribution in [2.45, 2.75) is 25.9 Å². The minimum absolute atomic E-state index is 0.0323. The highest BCUT2D eigenvalue weighted by Gasteiger charge is 2.36. The molecule has 30 heavy (non-hydrogen) atoms. The molecule has 0 aliphatic carbocycles. The average Bonchev–Trinajstić information content (AvgIpc) is 3.33. The molecule has 0 spiro atoms. The molecule has 0 bridgehead atoms. The summed E-state index contributed by atoms with van der Waals surface area (Å²) >= 11 is 3.44. The summed E-state index contributed by atoms with van der Waals surface area (Å²) in [7, 11) is -3.15. The van der Waals surface area contributed by atoms with Gasteiger partial charge in [0.15, 0.2) is 21.3 Å². The summed E-state index contributed by atoms with van der Waals surface area (Å²) in [6, 6.07) is 16.6. The quantitative estimate of drug-likeness (QED) is 0.536. The van der Waals surface area contributed by atoms with Crippen LogP contribution in [0.3, 0.4) is 0 Å². The molecule has 6 nitrogen and oxygen atoms in total. The van der Waals surface area contributed by atoms with Gasteiger partial charge in [-0.15, -0.1) is 0 Å². The highest BCUT2D eigenvalue weighted by Crippen LogP contribution is 2.26. The molecule has 0 unspecified atom stereocenters. The second-order valence-electron chi connectivity index (χ2n) is 7.56. The van der Waals surface area contributed by atoms with Crippen molar-refractivity contribution in [2.24, 2.45) is 0 Å². The van der Waals surface area contributed by atoms with Crippen molar-refractivity contribution in [3.63, 3.8) is 0 Å². The van der Waals surface area contributed by atoms with Gasteiger partial charge in [0.1, 0.15) is 0 Å². The standard InChI is InChI=1S/C22H21BrN2O4S/c1-15-5-7-17(8-6-15)21-12-20(24-29-21)22(26)25(19-9-10-30(27,28)14-19)13-16-3-2-4-18(23)11-16/h2-8,11-12,19H,9-10,13-14H2,1H3/t19-/m0/s1. The number of nitrogens with zero attached hydrogens (tertiary/aromatic N) is 2. The lowest BCUT2D eigenvalue weighted by atomic mass is 10.1. The minimum Gasteiger partial charge on any atom is -0.355 e. The van der Waals surface area contributed by atoms with Gasteiger partial charge in [0.2, 0.25) is 0 Å². The van der Waals surface area contributed by atoms with Gasteiger partial charge >= 0.3 is 0 Å². The molecule has 156 valence electrons. The molecule has 4 rings (SSSR count). The fourth-order valence-electron chi connectivity index (χ4n) is 3.60. The van der Waals surface area contributed by atoms with E-state index in [1.165, 1.54) is 0 Å². The number of aromatic nitrogens is 1. The van der Waals surface area contributed by atoms with Crippen LogP contribution in [0, 0.1) is 6.92 Å². The number of carbonyl (C=O) groups excluding carboxylic acids is 1. The van der Waals surface area contributed by atoms with Gasteiger partial charge < -0.3 is 9.42 Å². The lowest BCUT2D eigenvalue weighted by Crippen LogP contribution is -2.40. The first kappa shape index (κ1) is 20.8. The first-order chi connectivity index (χ1) is 14.3. The maximum absolute atomic E-state index is 13.3. The third-order valence-electron chi connectivity index (χ3n) is 5.22. The van der Waals surface area contributed by atoms with Crippen LogP contribution >= 0.6 is 15.9 Å². The number of sulfone groups is 1. The molecule has 1 amide bonds. The molecule has 0 saturated carbocycles. The van der Waals surface area contributed by atoms with Gasteiger partial charge in [0.05, 0.1) is 11.5 Å². The van der Waals surface area contributed by atoms with E-state index < -0.39 is 9.84 Å². The zero-order chi connectivity index (χ0) is 21.3. The summed E-state index contributed by atoms with van der Waals surface area (Å²) in [6.07, 6.45) is 0.421. The van der Waals surface area contributed by atoms with Crippen molar-refractivity contribution in [3.8, 4) is 11.3 Å². The SMILES string of the molecule is Cc1ccc(-c2cc(C(=O)N(Cc3cccc(Br)c3)[C@H]3CCS(=O)(=O)C3)no2)cc1. The molecule has 8 heteroatoms. The van der Waals surface area contributed by atoms with E-state index in [1.807, 2.05) is 55.5 Å². The Balaban J connectivity index is 1.63. The number of amides is 1. The predicted octanol–water partition coefficient (Wildman–Crippen LogP) is 4.24. The molecule has 2 aromatic carbocycles. The van der Waals surface area contributed by atoms with E-state index in [-0.39, 0.29) is 29.1 Å². The third-order valence-corrected chi connectivity index (χ3v) is 7.46. The first-order valence-corrected chi connectivity index (χ1v) is 12.2. The van der Waals surface area contributed by atoms with E-state index >= 15 is 0 Å². The van der Waals surface area contributed by atoms with Crippen LogP contribution in [-0.2, 0) is 16.4 Å². The molecular weight excluding hydrogens is 468 g/mol. The Bertz CT molecular complexity index is 1170. The Kier molecular flexibility index (Phi) is 5.79. The Morgan fingerprint density at radius 2 is 1.97 bits per heavy atom. The number of aryl methyl sites for hydroxylation is 1. The molecule has 1 aliphatic rings. The number of hydrogen-bond donors (Lipinski definition) is 0. The summed E-state index contributed by atoms with van der Waals surface area (Å²) in [4.78, 5) is 14.9. The zero-order valence-electron chi connectivity index (χ0n) is 16.4. The molecule has 1 fully saturated rings. The number of halogens is 1. The second-order valence-corrected chi connectivity index (χ2v) is 10.7. The highest BCUT2D eigenvalue weighted by atomic mass is 79.9. The van der Waals surface area contributed by atoms with Crippen LogP contribution in [0.15, 0.2) is 63.6 Å². The molecule has 1 aromatic heterocycles. The zero-order valence-corrected chi connectivity index (χ0v) is 18.8. The summed E-state index contributed by atoms with van der Waals surface area (Å²) in [5.74, 6) is 0.224. The van der Waals surface area contributed by atoms with Gasteiger partial charge in [-0.05, 0) is 31.0 Å². The van der Waals surface area contributed by atoms with E-state index in [2.05, 4.69) is 21.1 Å². The average molecular weight is 489 g/mol. The van der Waals surface area contributed by atoms with Crippen LogP contribution in [0.5, 0.6) is 0 Å². The van der Waals surface area contributed by atoms with Gasteiger partial charge in [0, 0.05) is 28.7 Å². The number of carbonyl (C=O) groups is 1. The molecule has 1 aliphatic heterocycles. The predicted molar refractivity (Wildman–Crippen MR) is 118 cm³/mol. The fraction of sp³-hybridized carbons (Fsp3) is 0.273. The molecule has 0 radical (unpaired) electrons. The Morgan fingerprint density at radius 3 is 2.63 bits per heavy atom. The lowest BCUT2D eigenvalue weighted by Gasteiger charge is -2.27. The van der Waals surface area contributed by atoms with Crippen molar-refractivity contribution in [3.05, 3.63) is 75.9 Å².